The number of benzene rings is 1. The molecule has 2 N–H and O–H groups in total. The molecular weight excluding hydrogens is 178 g/mol. The molecule has 0 aliphatic rings. The minimum absolute atomic E-state index is 0.0661. The molecule has 14 heavy (non-hydrogen) atoms. The summed E-state index contributed by atoms with van der Waals surface area (Å²) in [6.45, 7) is 3.74. The second kappa shape index (κ2) is 4.15. The van der Waals surface area contributed by atoms with Gasteiger partial charge in [0.25, 0.3) is 0 Å². The van der Waals surface area contributed by atoms with Crippen LogP contribution >= 0.6 is 0 Å². The number of aryl methyl sites for hydroxylation is 2. The van der Waals surface area contributed by atoms with E-state index in [4.69, 9.17) is 5.73 Å². The van der Waals surface area contributed by atoms with Crippen LogP contribution in [0.3, 0.4) is 0 Å². The molecule has 3 heteroatoms. The number of nitrogens with two attached hydrogens (primary N) is 1. The lowest BCUT2D eigenvalue weighted by Gasteiger charge is -2.06. The predicted octanol–water partition coefficient (Wildman–Crippen LogP) is 1.26. The molecule has 0 spiro atoms. The van der Waals surface area contributed by atoms with Crippen LogP contribution in [0.15, 0.2) is 12.1 Å². The summed E-state index contributed by atoms with van der Waals surface area (Å²) >= 11 is 0. The van der Waals surface area contributed by atoms with Crippen LogP contribution in [-0.4, -0.2) is 18.6 Å². The van der Waals surface area contributed by atoms with Gasteiger partial charge in [-0.15, -0.1) is 0 Å². The first kappa shape index (κ1) is 10.6. The normalized spacial score (nSPS) is 9.93. The molecule has 74 valence electrons. The monoisotopic (exact) mass is 191 g/mol. The molecule has 0 saturated heterocycles. The van der Waals surface area contributed by atoms with Gasteiger partial charge in [-0.1, -0.05) is 0 Å². The summed E-state index contributed by atoms with van der Waals surface area (Å²) in [4.78, 5) is 22.1. The minimum Gasteiger partial charge on any atom is -0.324 e. The van der Waals surface area contributed by atoms with Gasteiger partial charge in [0, 0.05) is 11.1 Å². The van der Waals surface area contributed by atoms with Gasteiger partial charge in [-0.05, 0) is 37.1 Å². The fraction of sp³-hybridized carbons (Fsp3) is 0.273. The second-order valence-electron chi connectivity index (χ2n) is 3.27. The maximum absolute atomic E-state index is 11.4. The lowest BCUT2D eigenvalue weighted by molar-refractivity contribution is 0.0994. The lowest BCUT2D eigenvalue weighted by Crippen LogP contribution is -2.15. The smallest absolute Gasteiger partial charge is 0.177 e. The highest BCUT2D eigenvalue weighted by atomic mass is 16.1. The summed E-state index contributed by atoms with van der Waals surface area (Å²) in [5.41, 5.74) is 8.09. The predicted molar refractivity (Wildman–Crippen MR) is 54.7 cm³/mol. The number of hydrogen-bond acceptors (Lipinski definition) is 3. The van der Waals surface area contributed by atoms with Gasteiger partial charge in [-0.2, -0.15) is 0 Å². The number of rotatable bonds is 3. The Morgan fingerprint density at radius 1 is 1.36 bits per heavy atom. The summed E-state index contributed by atoms with van der Waals surface area (Å²) in [7, 11) is 0. The molecule has 0 atom stereocenters. The van der Waals surface area contributed by atoms with Crippen molar-refractivity contribution in [2.45, 2.75) is 13.8 Å². The average Bonchev–Trinajstić information content (AvgIpc) is 2.20. The Labute approximate surface area is 82.9 Å². The van der Waals surface area contributed by atoms with Gasteiger partial charge >= 0.3 is 0 Å². The summed E-state index contributed by atoms with van der Waals surface area (Å²) in [6.07, 6.45) is 0.690. The number of carbonyl (C=O) groups excluding carboxylic acids is 2. The molecule has 0 saturated carbocycles. The molecule has 0 aromatic heterocycles. The highest BCUT2D eigenvalue weighted by molar-refractivity contribution is 6.04. The van der Waals surface area contributed by atoms with Crippen LogP contribution in [0.4, 0.5) is 0 Å². The molecule has 0 unspecified atom stereocenters. The summed E-state index contributed by atoms with van der Waals surface area (Å²) in [5.74, 6) is -0.199. The van der Waals surface area contributed by atoms with Crippen LogP contribution < -0.4 is 5.73 Å². The highest BCUT2D eigenvalue weighted by Gasteiger charge is 2.10. The van der Waals surface area contributed by atoms with E-state index in [1.807, 2.05) is 13.8 Å². The van der Waals surface area contributed by atoms with Crippen molar-refractivity contribution in [1.29, 1.82) is 0 Å². The van der Waals surface area contributed by atoms with E-state index in [0.29, 0.717) is 17.4 Å². The molecule has 1 aromatic rings. The molecule has 0 aliphatic heterocycles. The van der Waals surface area contributed by atoms with Gasteiger partial charge in [0.05, 0.1) is 6.54 Å². The van der Waals surface area contributed by atoms with E-state index in [-0.39, 0.29) is 12.3 Å². The third-order valence-electron chi connectivity index (χ3n) is 2.28. The topological polar surface area (TPSA) is 60.2 Å². The van der Waals surface area contributed by atoms with Gasteiger partial charge in [0.15, 0.2) is 12.1 Å². The summed E-state index contributed by atoms with van der Waals surface area (Å²) in [5, 5.41) is 0. The summed E-state index contributed by atoms with van der Waals surface area (Å²) in [6, 6.07) is 3.43. The van der Waals surface area contributed by atoms with Crippen LogP contribution in [0, 0.1) is 13.8 Å². The quantitative estimate of drug-likeness (QED) is 0.578. The number of carbonyl (C=O) groups is 2. The second-order valence-corrected chi connectivity index (χ2v) is 3.27. The molecule has 0 bridgehead atoms. The third kappa shape index (κ3) is 1.88. The SMILES string of the molecule is Cc1cc(C=O)c(C(=O)CN)cc1C. The fourth-order valence-electron chi connectivity index (χ4n) is 1.29. The van der Waals surface area contributed by atoms with Crippen molar-refractivity contribution >= 4 is 12.1 Å². The van der Waals surface area contributed by atoms with Gasteiger partial charge in [0.2, 0.25) is 0 Å². The molecule has 1 aromatic carbocycles. The van der Waals surface area contributed by atoms with Crippen molar-refractivity contribution in [2.24, 2.45) is 5.73 Å². The molecular formula is C11H13NO2. The summed E-state index contributed by atoms with van der Waals surface area (Å²) < 4.78 is 0. The zero-order valence-electron chi connectivity index (χ0n) is 8.33. The van der Waals surface area contributed by atoms with Crippen molar-refractivity contribution in [3.05, 3.63) is 34.4 Å². The fourth-order valence-corrected chi connectivity index (χ4v) is 1.29. The van der Waals surface area contributed by atoms with Crippen LogP contribution in [0.5, 0.6) is 0 Å². The van der Waals surface area contributed by atoms with Crippen molar-refractivity contribution in [3.63, 3.8) is 0 Å². The van der Waals surface area contributed by atoms with Gasteiger partial charge in [-0.25, -0.2) is 0 Å². The van der Waals surface area contributed by atoms with Gasteiger partial charge in [0.1, 0.15) is 0 Å². The molecule has 3 nitrogen and oxygen atoms in total. The molecule has 0 amide bonds. The van der Waals surface area contributed by atoms with E-state index < -0.39 is 0 Å². The molecule has 1 rings (SSSR count). The van der Waals surface area contributed by atoms with E-state index in [1.54, 1.807) is 12.1 Å². The maximum Gasteiger partial charge on any atom is 0.177 e. The van der Waals surface area contributed by atoms with Gasteiger partial charge < -0.3 is 5.73 Å². The Balaban J connectivity index is 3.34. The Morgan fingerprint density at radius 2 is 1.93 bits per heavy atom. The lowest BCUT2D eigenvalue weighted by atomic mass is 9.98. The number of hydrogen-bond donors (Lipinski definition) is 1. The van der Waals surface area contributed by atoms with Crippen LogP contribution in [0.25, 0.3) is 0 Å². The first-order valence-corrected chi connectivity index (χ1v) is 4.40. The Hall–Kier alpha value is -1.48. The largest absolute Gasteiger partial charge is 0.324 e. The Bertz CT molecular complexity index is 383. The van der Waals surface area contributed by atoms with Crippen molar-refractivity contribution in [3.8, 4) is 0 Å². The van der Waals surface area contributed by atoms with Crippen molar-refractivity contribution in [1.82, 2.24) is 0 Å². The molecule has 0 aliphatic carbocycles. The number of aldehydes is 1. The number of Topliss-reactive ketones (excluding diaryl/α,β-unsaturated/α-hetero) is 1. The minimum atomic E-state index is -0.199. The van der Waals surface area contributed by atoms with E-state index in [1.165, 1.54) is 0 Å². The Morgan fingerprint density at radius 3 is 2.43 bits per heavy atom. The van der Waals surface area contributed by atoms with E-state index in [0.717, 1.165) is 11.1 Å². The maximum atomic E-state index is 11.4. The van der Waals surface area contributed by atoms with Crippen molar-refractivity contribution < 1.29 is 9.59 Å². The first-order valence-electron chi connectivity index (χ1n) is 4.40. The number of ketones is 1. The zero-order valence-corrected chi connectivity index (χ0v) is 8.33. The molecule has 0 radical (unpaired) electrons. The standard InChI is InChI=1S/C11H13NO2/c1-7-3-9(6-13)10(4-8(7)2)11(14)5-12/h3-4,6H,5,12H2,1-2H3. The van der Waals surface area contributed by atoms with E-state index in [9.17, 15) is 9.59 Å². The molecule has 0 fully saturated rings. The van der Waals surface area contributed by atoms with Gasteiger partial charge in [-0.3, -0.25) is 9.59 Å². The first-order chi connectivity index (χ1) is 6.60. The molecule has 0 heterocycles. The average molecular weight is 191 g/mol. The van der Waals surface area contributed by atoms with Crippen LogP contribution in [0.1, 0.15) is 31.8 Å². The van der Waals surface area contributed by atoms with Crippen LogP contribution in [-0.2, 0) is 0 Å². The third-order valence-corrected chi connectivity index (χ3v) is 2.28. The van der Waals surface area contributed by atoms with Crippen molar-refractivity contribution in [2.75, 3.05) is 6.54 Å². The Kier molecular flexibility index (Phi) is 3.14. The zero-order chi connectivity index (χ0) is 10.7. The van der Waals surface area contributed by atoms with E-state index in [2.05, 4.69) is 0 Å². The highest BCUT2D eigenvalue weighted by Crippen LogP contribution is 2.14. The van der Waals surface area contributed by atoms with E-state index >= 15 is 0 Å². The van der Waals surface area contributed by atoms with Crippen LogP contribution in [0.2, 0.25) is 0 Å².